The maximum Gasteiger partial charge on any atom is 0.410 e. The molecular weight excluding hydrogens is 408 g/mol. The van der Waals surface area contributed by atoms with E-state index in [1.807, 2.05) is 30.3 Å². The molecule has 0 radical (unpaired) electrons. The largest absolute Gasteiger partial charge is 0.445 e. The quantitative estimate of drug-likeness (QED) is 0.692. The van der Waals surface area contributed by atoms with E-state index >= 15 is 0 Å². The van der Waals surface area contributed by atoms with Crippen molar-refractivity contribution in [2.75, 3.05) is 20.1 Å². The lowest BCUT2D eigenvalue weighted by Gasteiger charge is -2.41. The number of hydrogen-bond donors (Lipinski definition) is 0. The van der Waals surface area contributed by atoms with E-state index in [1.54, 1.807) is 34.1 Å². The van der Waals surface area contributed by atoms with Crippen LogP contribution in [-0.4, -0.2) is 58.4 Å². The zero-order chi connectivity index (χ0) is 22.7. The number of hydrogen-bond acceptors (Lipinski definition) is 5. The second-order valence-electron chi connectivity index (χ2n) is 8.10. The van der Waals surface area contributed by atoms with E-state index in [9.17, 15) is 14.4 Å². The Hall–Kier alpha value is -3.86. The number of piperidine rings is 1. The predicted molar refractivity (Wildman–Crippen MR) is 115 cm³/mol. The Morgan fingerprint density at radius 2 is 1.69 bits per heavy atom. The first-order valence-electron chi connectivity index (χ1n) is 10.5. The zero-order valence-corrected chi connectivity index (χ0v) is 17.9. The lowest BCUT2D eigenvalue weighted by molar-refractivity contribution is -0.134. The maximum atomic E-state index is 13.1. The van der Waals surface area contributed by atoms with Gasteiger partial charge in [-0.1, -0.05) is 42.5 Å². The summed E-state index contributed by atoms with van der Waals surface area (Å²) in [7, 11) is 1.49. The molecule has 8 heteroatoms. The van der Waals surface area contributed by atoms with Crippen molar-refractivity contribution in [2.45, 2.75) is 31.5 Å². The van der Waals surface area contributed by atoms with Crippen LogP contribution in [0.4, 0.5) is 9.59 Å². The third kappa shape index (κ3) is 3.89. The fourth-order valence-corrected chi connectivity index (χ4v) is 4.32. The summed E-state index contributed by atoms with van der Waals surface area (Å²) in [5.41, 5.74) is 1.30. The Balaban J connectivity index is 1.44. The molecule has 0 saturated carbocycles. The highest BCUT2D eigenvalue weighted by molar-refractivity contribution is 6.06. The molecular formula is C24H24N4O4. The number of imide groups is 1. The SMILES string of the molecule is CN1C(=O)N(Cc2ccc(C#N)cc2)C2(CCN(C(=O)OCc3ccccc3)CC2)C1=O. The summed E-state index contributed by atoms with van der Waals surface area (Å²) in [5, 5.41) is 8.99. The summed E-state index contributed by atoms with van der Waals surface area (Å²) in [6.07, 6.45) is 0.268. The highest BCUT2D eigenvalue weighted by Crippen LogP contribution is 2.38. The molecule has 2 heterocycles. The van der Waals surface area contributed by atoms with Gasteiger partial charge in [0.05, 0.1) is 11.6 Å². The topological polar surface area (TPSA) is 94.0 Å². The van der Waals surface area contributed by atoms with Crippen molar-refractivity contribution in [1.82, 2.24) is 14.7 Å². The van der Waals surface area contributed by atoms with E-state index in [0.29, 0.717) is 31.5 Å². The molecule has 0 atom stereocenters. The summed E-state index contributed by atoms with van der Waals surface area (Å²) in [6, 6.07) is 18.1. The van der Waals surface area contributed by atoms with Crippen LogP contribution in [0.15, 0.2) is 54.6 Å². The van der Waals surface area contributed by atoms with E-state index in [4.69, 9.17) is 10.00 Å². The molecule has 2 saturated heterocycles. The molecule has 2 aliphatic heterocycles. The minimum Gasteiger partial charge on any atom is -0.445 e. The number of ether oxygens (including phenoxy) is 1. The maximum absolute atomic E-state index is 13.1. The predicted octanol–water partition coefficient (Wildman–Crippen LogP) is 3.12. The van der Waals surface area contributed by atoms with Crippen molar-refractivity contribution >= 4 is 18.0 Å². The molecule has 2 aromatic carbocycles. The number of benzene rings is 2. The summed E-state index contributed by atoms with van der Waals surface area (Å²) < 4.78 is 5.42. The first-order chi connectivity index (χ1) is 15.4. The number of urea groups is 1. The van der Waals surface area contributed by atoms with E-state index in [0.717, 1.165) is 16.0 Å². The average Bonchev–Trinajstić information content (AvgIpc) is 3.00. The number of nitrogens with zero attached hydrogens (tertiary/aromatic N) is 4. The molecule has 1 spiro atoms. The number of amides is 4. The van der Waals surface area contributed by atoms with E-state index in [1.165, 1.54) is 7.05 Å². The normalized spacial score (nSPS) is 17.6. The van der Waals surface area contributed by atoms with Crippen LogP contribution in [-0.2, 0) is 22.7 Å². The second kappa shape index (κ2) is 8.71. The van der Waals surface area contributed by atoms with Crippen LogP contribution in [0.3, 0.4) is 0 Å². The van der Waals surface area contributed by atoms with Gasteiger partial charge in [0.25, 0.3) is 5.91 Å². The number of likely N-dealkylation sites (tertiary alicyclic amines) is 1. The van der Waals surface area contributed by atoms with Crippen LogP contribution >= 0.6 is 0 Å². The van der Waals surface area contributed by atoms with E-state index in [-0.39, 0.29) is 25.1 Å². The third-order valence-corrected chi connectivity index (χ3v) is 6.21. The number of likely N-dealkylation sites (N-methyl/N-ethyl adjacent to an activating group) is 1. The number of carbonyl (C=O) groups is 3. The lowest BCUT2D eigenvalue weighted by Crippen LogP contribution is -2.57. The molecule has 0 bridgehead atoms. The minimum atomic E-state index is -0.976. The van der Waals surface area contributed by atoms with Crippen LogP contribution < -0.4 is 0 Å². The van der Waals surface area contributed by atoms with Crippen LogP contribution in [0.2, 0.25) is 0 Å². The molecule has 2 aromatic rings. The van der Waals surface area contributed by atoms with Crippen molar-refractivity contribution in [3.63, 3.8) is 0 Å². The van der Waals surface area contributed by atoms with E-state index in [2.05, 4.69) is 6.07 Å². The highest BCUT2D eigenvalue weighted by atomic mass is 16.6. The van der Waals surface area contributed by atoms with Crippen molar-refractivity contribution in [3.05, 3.63) is 71.3 Å². The molecule has 0 aromatic heterocycles. The Morgan fingerprint density at radius 1 is 1.03 bits per heavy atom. The summed E-state index contributed by atoms with van der Waals surface area (Å²) in [4.78, 5) is 42.8. The summed E-state index contributed by atoms with van der Waals surface area (Å²) in [5.74, 6) is -0.242. The second-order valence-corrected chi connectivity index (χ2v) is 8.10. The first kappa shape index (κ1) is 21.4. The molecule has 2 fully saturated rings. The number of nitriles is 1. The number of carbonyl (C=O) groups excluding carboxylic acids is 3. The fraction of sp³-hybridized carbons (Fsp3) is 0.333. The van der Waals surface area contributed by atoms with Gasteiger partial charge in [-0.25, -0.2) is 9.59 Å². The van der Waals surface area contributed by atoms with Crippen LogP contribution in [0.25, 0.3) is 0 Å². The highest BCUT2D eigenvalue weighted by Gasteiger charge is 2.57. The Labute approximate surface area is 186 Å². The molecule has 32 heavy (non-hydrogen) atoms. The fourth-order valence-electron chi connectivity index (χ4n) is 4.32. The van der Waals surface area contributed by atoms with Gasteiger partial charge >= 0.3 is 12.1 Å². The van der Waals surface area contributed by atoms with Crippen molar-refractivity contribution in [2.24, 2.45) is 0 Å². The average molecular weight is 432 g/mol. The van der Waals surface area contributed by atoms with Crippen molar-refractivity contribution in [3.8, 4) is 6.07 Å². The molecule has 0 aliphatic carbocycles. The Morgan fingerprint density at radius 3 is 2.31 bits per heavy atom. The smallest absolute Gasteiger partial charge is 0.410 e. The first-order valence-corrected chi connectivity index (χ1v) is 10.5. The molecule has 2 aliphatic rings. The summed E-state index contributed by atoms with van der Waals surface area (Å²) in [6.45, 7) is 1.10. The molecule has 4 amide bonds. The van der Waals surface area contributed by atoms with Gasteiger partial charge in [-0.05, 0) is 36.1 Å². The minimum absolute atomic E-state index is 0.187. The molecule has 4 rings (SSSR count). The van der Waals surface area contributed by atoms with E-state index < -0.39 is 11.6 Å². The Bertz CT molecular complexity index is 1050. The van der Waals surface area contributed by atoms with Crippen LogP contribution in [0.5, 0.6) is 0 Å². The monoisotopic (exact) mass is 432 g/mol. The van der Waals surface area contributed by atoms with Gasteiger partial charge < -0.3 is 14.5 Å². The number of rotatable bonds is 4. The van der Waals surface area contributed by atoms with Gasteiger partial charge in [0.2, 0.25) is 0 Å². The van der Waals surface area contributed by atoms with Gasteiger partial charge in [0, 0.05) is 26.7 Å². The van der Waals surface area contributed by atoms with Crippen LogP contribution in [0.1, 0.15) is 29.5 Å². The van der Waals surface area contributed by atoms with Gasteiger partial charge in [0.1, 0.15) is 12.1 Å². The van der Waals surface area contributed by atoms with Crippen molar-refractivity contribution in [1.29, 1.82) is 5.26 Å². The van der Waals surface area contributed by atoms with Crippen LogP contribution in [0, 0.1) is 11.3 Å². The third-order valence-electron chi connectivity index (χ3n) is 6.21. The van der Waals surface area contributed by atoms with Gasteiger partial charge in [-0.2, -0.15) is 5.26 Å². The molecule has 0 N–H and O–H groups in total. The lowest BCUT2D eigenvalue weighted by atomic mass is 9.85. The zero-order valence-electron chi connectivity index (χ0n) is 17.9. The molecule has 8 nitrogen and oxygen atoms in total. The molecule has 0 unspecified atom stereocenters. The standard InChI is InChI=1S/C24H24N4O4/c1-26-21(29)24(28(22(26)30)16-19-9-7-18(15-25)8-10-19)11-13-27(14-12-24)23(31)32-17-20-5-3-2-4-6-20/h2-10H,11-14,16-17H2,1H3. The Kier molecular flexibility index (Phi) is 5.82. The van der Waals surface area contributed by atoms with Crippen molar-refractivity contribution < 1.29 is 19.1 Å². The van der Waals surface area contributed by atoms with Gasteiger partial charge in [-0.3, -0.25) is 9.69 Å². The van der Waals surface area contributed by atoms with Gasteiger partial charge in [0.15, 0.2) is 0 Å². The van der Waals surface area contributed by atoms with Gasteiger partial charge in [-0.15, -0.1) is 0 Å². The summed E-state index contributed by atoms with van der Waals surface area (Å²) >= 11 is 0. The molecule has 164 valence electrons.